The molecule has 0 spiro atoms. The third kappa shape index (κ3) is 4.32. The van der Waals surface area contributed by atoms with Crippen molar-refractivity contribution in [1.29, 1.82) is 0 Å². The lowest BCUT2D eigenvalue weighted by atomic mass is 9.96. The normalized spacial score (nSPS) is 16.2. The molecule has 0 unspecified atom stereocenters. The van der Waals surface area contributed by atoms with Crippen LogP contribution in [0, 0.1) is 0 Å². The van der Waals surface area contributed by atoms with Crippen molar-refractivity contribution in [1.82, 2.24) is 4.31 Å². The van der Waals surface area contributed by atoms with Gasteiger partial charge in [0, 0.05) is 32.7 Å². The fourth-order valence-corrected chi connectivity index (χ4v) is 5.29. The van der Waals surface area contributed by atoms with Crippen molar-refractivity contribution in [3.63, 3.8) is 0 Å². The van der Waals surface area contributed by atoms with Gasteiger partial charge in [-0.05, 0) is 59.7 Å². The Morgan fingerprint density at radius 3 is 2.06 bits per heavy atom. The number of carbonyl (C=O) groups is 1. The van der Waals surface area contributed by atoms with Gasteiger partial charge in [-0.2, -0.15) is 4.31 Å². The molecule has 8 heteroatoms. The number of carboxylic acid groups (broad SMARTS) is 1. The van der Waals surface area contributed by atoms with E-state index < -0.39 is 22.0 Å². The molecule has 166 valence electrons. The number of nitrogens with zero attached hydrogens (tertiary/aromatic N) is 2. The standard InChI is InChI=1S/C24H24N2O5S/c1-25(2)19-7-9-20(10-8-19)31-21-11-13-22(14-12-21)32(29,30)26-16-18-6-4-3-5-17(18)15-23(26)24(27)28/h3-14,23H,15-16H2,1-2H3,(H,27,28)/t23-/m1/s1. The molecule has 7 nitrogen and oxygen atoms in total. The van der Waals surface area contributed by atoms with E-state index in [1.54, 1.807) is 12.1 Å². The summed E-state index contributed by atoms with van der Waals surface area (Å²) in [6.07, 6.45) is 0.134. The van der Waals surface area contributed by atoms with E-state index >= 15 is 0 Å². The minimum Gasteiger partial charge on any atom is -0.480 e. The first-order chi connectivity index (χ1) is 15.3. The fourth-order valence-electron chi connectivity index (χ4n) is 3.73. The fraction of sp³-hybridized carbons (Fsp3) is 0.208. The maximum Gasteiger partial charge on any atom is 0.322 e. The molecule has 1 heterocycles. The smallest absolute Gasteiger partial charge is 0.322 e. The minimum absolute atomic E-state index is 0.0198. The van der Waals surface area contributed by atoms with Crippen molar-refractivity contribution in [3.8, 4) is 11.5 Å². The van der Waals surface area contributed by atoms with Gasteiger partial charge in [0.1, 0.15) is 17.5 Å². The Bertz CT molecular complexity index is 1220. The zero-order valence-corrected chi connectivity index (χ0v) is 18.6. The quantitative estimate of drug-likeness (QED) is 0.613. The van der Waals surface area contributed by atoms with Crippen LogP contribution in [0.25, 0.3) is 0 Å². The summed E-state index contributed by atoms with van der Waals surface area (Å²) in [5.41, 5.74) is 2.71. The molecule has 0 aliphatic carbocycles. The van der Waals surface area contributed by atoms with Crippen LogP contribution in [0.15, 0.2) is 77.7 Å². The molecular formula is C24H24N2O5S. The van der Waals surface area contributed by atoms with Crippen LogP contribution in [0.5, 0.6) is 11.5 Å². The van der Waals surface area contributed by atoms with Gasteiger partial charge in [0.05, 0.1) is 4.90 Å². The summed E-state index contributed by atoms with van der Waals surface area (Å²) in [7, 11) is -0.114. The highest BCUT2D eigenvalue weighted by molar-refractivity contribution is 7.89. The van der Waals surface area contributed by atoms with Crippen molar-refractivity contribution in [2.75, 3.05) is 19.0 Å². The van der Waals surface area contributed by atoms with E-state index in [0.717, 1.165) is 21.1 Å². The number of fused-ring (bicyclic) bond motifs is 1. The van der Waals surface area contributed by atoms with E-state index in [1.165, 1.54) is 12.1 Å². The van der Waals surface area contributed by atoms with Crippen LogP contribution >= 0.6 is 0 Å². The molecule has 0 radical (unpaired) electrons. The second-order valence-corrected chi connectivity index (χ2v) is 9.73. The lowest BCUT2D eigenvalue weighted by Gasteiger charge is -2.33. The third-order valence-electron chi connectivity index (χ3n) is 5.51. The van der Waals surface area contributed by atoms with Gasteiger partial charge in [0.15, 0.2) is 0 Å². The minimum atomic E-state index is -4.01. The molecule has 3 aromatic carbocycles. The molecule has 0 amide bonds. The number of carboxylic acids is 1. The van der Waals surface area contributed by atoms with Crippen LogP contribution in [-0.2, 0) is 27.8 Å². The van der Waals surface area contributed by atoms with Gasteiger partial charge in [0.25, 0.3) is 0 Å². The van der Waals surface area contributed by atoms with Crippen LogP contribution in [-0.4, -0.2) is 43.9 Å². The molecule has 0 saturated carbocycles. The maximum absolute atomic E-state index is 13.3. The molecule has 0 fully saturated rings. The monoisotopic (exact) mass is 452 g/mol. The Morgan fingerprint density at radius 1 is 0.938 bits per heavy atom. The third-order valence-corrected chi connectivity index (χ3v) is 7.38. The van der Waals surface area contributed by atoms with Gasteiger partial charge < -0.3 is 14.7 Å². The van der Waals surface area contributed by atoms with Gasteiger partial charge >= 0.3 is 5.97 Å². The van der Waals surface area contributed by atoms with E-state index in [4.69, 9.17) is 4.74 Å². The summed E-state index contributed by atoms with van der Waals surface area (Å²) in [6.45, 7) is 0.0198. The van der Waals surface area contributed by atoms with Crippen molar-refractivity contribution in [2.24, 2.45) is 0 Å². The Labute approximate surface area is 187 Å². The Balaban J connectivity index is 1.56. The highest BCUT2D eigenvalue weighted by Crippen LogP contribution is 2.31. The molecule has 1 aliphatic heterocycles. The zero-order chi connectivity index (χ0) is 22.9. The molecule has 4 rings (SSSR count). The summed E-state index contributed by atoms with van der Waals surface area (Å²) in [4.78, 5) is 13.9. The van der Waals surface area contributed by atoms with Gasteiger partial charge in [-0.1, -0.05) is 24.3 Å². The lowest BCUT2D eigenvalue weighted by Crippen LogP contribution is -2.48. The summed E-state index contributed by atoms with van der Waals surface area (Å²) >= 11 is 0. The molecule has 1 aliphatic rings. The first kappa shape index (κ1) is 21.9. The molecule has 1 N–H and O–H groups in total. The summed E-state index contributed by atoms with van der Waals surface area (Å²) in [6, 6.07) is 19.7. The van der Waals surface area contributed by atoms with Crippen molar-refractivity contribution < 1.29 is 23.1 Å². The Morgan fingerprint density at radius 2 is 1.50 bits per heavy atom. The number of sulfonamides is 1. The molecular weight excluding hydrogens is 428 g/mol. The van der Waals surface area contributed by atoms with Gasteiger partial charge in [0.2, 0.25) is 10.0 Å². The number of benzene rings is 3. The first-order valence-corrected chi connectivity index (χ1v) is 11.6. The van der Waals surface area contributed by atoms with Crippen LogP contribution in [0.4, 0.5) is 5.69 Å². The zero-order valence-electron chi connectivity index (χ0n) is 17.8. The highest BCUT2D eigenvalue weighted by Gasteiger charge is 2.39. The Hall–Kier alpha value is -3.36. The molecule has 32 heavy (non-hydrogen) atoms. The Kier molecular flexibility index (Phi) is 5.90. The average Bonchev–Trinajstić information content (AvgIpc) is 2.79. The van der Waals surface area contributed by atoms with E-state index in [0.29, 0.717) is 11.5 Å². The molecule has 1 atom stereocenters. The number of hydrogen-bond donors (Lipinski definition) is 1. The summed E-state index contributed by atoms with van der Waals surface area (Å²) < 4.78 is 33.5. The van der Waals surface area contributed by atoms with E-state index in [-0.39, 0.29) is 17.9 Å². The number of rotatable bonds is 6. The number of anilines is 1. The average molecular weight is 453 g/mol. The van der Waals surface area contributed by atoms with Crippen molar-refractivity contribution in [2.45, 2.75) is 23.9 Å². The van der Waals surface area contributed by atoms with Crippen LogP contribution < -0.4 is 9.64 Å². The second kappa shape index (κ2) is 8.64. The number of aliphatic carboxylic acids is 1. The molecule has 0 aromatic heterocycles. The van der Waals surface area contributed by atoms with Crippen molar-refractivity contribution in [3.05, 3.63) is 83.9 Å². The summed E-state index contributed by atoms with van der Waals surface area (Å²) in [5, 5.41) is 9.68. The second-order valence-electron chi connectivity index (χ2n) is 7.84. The number of hydrogen-bond acceptors (Lipinski definition) is 5. The predicted molar refractivity (Wildman–Crippen MR) is 122 cm³/mol. The maximum atomic E-state index is 13.3. The SMILES string of the molecule is CN(C)c1ccc(Oc2ccc(S(=O)(=O)N3Cc4ccccc4C[C@@H]3C(=O)O)cc2)cc1. The first-order valence-electron chi connectivity index (χ1n) is 10.1. The lowest BCUT2D eigenvalue weighted by molar-refractivity contribution is -0.141. The van der Waals surface area contributed by atoms with Crippen LogP contribution in [0.1, 0.15) is 11.1 Å². The van der Waals surface area contributed by atoms with Gasteiger partial charge in [-0.25, -0.2) is 8.42 Å². The topological polar surface area (TPSA) is 87.2 Å². The highest BCUT2D eigenvalue weighted by atomic mass is 32.2. The van der Waals surface area contributed by atoms with E-state index in [1.807, 2.05) is 67.5 Å². The molecule has 0 saturated heterocycles. The molecule has 0 bridgehead atoms. The predicted octanol–water partition coefficient (Wildman–Crippen LogP) is 3.75. The van der Waals surface area contributed by atoms with Gasteiger partial charge in [-0.3, -0.25) is 4.79 Å². The molecule has 3 aromatic rings. The van der Waals surface area contributed by atoms with Crippen molar-refractivity contribution >= 4 is 21.7 Å². The van der Waals surface area contributed by atoms with Crippen LogP contribution in [0.2, 0.25) is 0 Å². The van der Waals surface area contributed by atoms with Gasteiger partial charge in [-0.15, -0.1) is 0 Å². The largest absolute Gasteiger partial charge is 0.480 e. The van der Waals surface area contributed by atoms with E-state index in [9.17, 15) is 18.3 Å². The van der Waals surface area contributed by atoms with E-state index in [2.05, 4.69) is 0 Å². The summed E-state index contributed by atoms with van der Waals surface area (Å²) in [5.74, 6) is -0.0469. The van der Waals surface area contributed by atoms with Crippen LogP contribution in [0.3, 0.4) is 0 Å². The number of ether oxygens (including phenoxy) is 1.